The molecule has 0 aromatic heterocycles. The van der Waals surface area contributed by atoms with Gasteiger partial charge in [0, 0.05) is 0 Å². The standard InChI is InChI=1S/C39H54NOPS/c1-25-10-26(2)12-33(11-25)36(40-43(41)37(3,4)5)34-8-6-7-9-35(34)42(38-19-27-13-28(20-38)15-29(14-27)21-38)39-22-30-16-31(23-39)18-32(17-30)24-39/h6-12,27-32,36,40H,13-24H2,1-5H3/t27?,28?,29?,30?,31?,32?,36-,38?,39?,42?,43?/m0/s1. The third-order valence-corrected chi connectivity index (χ3v) is 18.3. The molecule has 1 unspecified atom stereocenters. The maximum Gasteiger partial charge on any atom is 0.0979 e. The Hall–Kier alpha value is -1.02. The van der Waals surface area contributed by atoms with E-state index < -0.39 is 11.0 Å². The predicted molar refractivity (Wildman–Crippen MR) is 184 cm³/mol. The smallest absolute Gasteiger partial charge is 0.0979 e. The van der Waals surface area contributed by atoms with Crippen LogP contribution >= 0.6 is 7.92 Å². The summed E-state index contributed by atoms with van der Waals surface area (Å²) in [5, 5.41) is 2.73. The van der Waals surface area contributed by atoms with Crippen molar-refractivity contribution in [2.24, 2.45) is 35.5 Å². The minimum atomic E-state index is -1.17. The molecule has 0 heterocycles. The van der Waals surface area contributed by atoms with Crippen molar-refractivity contribution in [3.05, 3.63) is 64.7 Å². The lowest BCUT2D eigenvalue weighted by molar-refractivity contribution is 0.0195. The molecule has 8 bridgehead atoms. The Balaban J connectivity index is 1.31. The fourth-order valence-corrected chi connectivity index (χ4v) is 18.6. The first kappa shape index (κ1) is 29.4. The molecule has 0 saturated heterocycles. The van der Waals surface area contributed by atoms with Gasteiger partial charge in [-0.1, -0.05) is 61.5 Å². The molecule has 1 N–H and O–H groups in total. The average molecular weight is 616 g/mol. The molecule has 0 radical (unpaired) electrons. The van der Waals surface area contributed by atoms with E-state index in [1.54, 1.807) is 5.30 Å². The molecule has 0 amide bonds. The van der Waals surface area contributed by atoms with Gasteiger partial charge in [0.1, 0.15) is 0 Å². The van der Waals surface area contributed by atoms with E-state index in [1.807, 2.05) is 0 Å². The van der Waals surface area contributed by atoms with Gasteiger partial charge in [-0.3, -0.25) is 0 Å². The van der Waals surface area contributed by atoms with Gasteiger partial charge in [0.25, 0.3) is 0 Å². The van der Waals surface area contributed by atoms with Crippen LogP contribution in [-0.4, -0.2) is 19.3 Å². The second kappa shape index (κ2) is 10.5. The summed E-state index contributed by atoms with van der Waals surface area (Å²) in [5.41, 5.74) is 5.33. The Bertz CT molecular complexity index is 1290. The summed E-state index contributed by atoms with van der Waals surface area (Å²) >= 11 is 0. The van der Waals surface area contributed by atoms with Crippen LogP contribution in [0.2, 0.25) is 0 Å². The molecule has 0 aliphatic heterocycles. The first-order valence-corrected chi connectivity index (χ1v) is 20.1. The summed E-state index contributed by atoms with van der Waals surface area (Å²) in [4.78, 5) is 0. The Labute approximate surface area is 265 Å². The highest BCUT2D eigenvalue weighted by Gasteiger charge is 2.63. The van der Waals surface area contributed by atoms with E-state index in [9.17, 15) is 4.21 Å². The van der Waals surface area contributed by atoms with Crippen LogP contribution < -0.4 is 10.0 Å². The van der Waals surface area contributed by atoms with Crippen molar-refractivity contribution in [2.45, 2.75) is 133 Å². The lowest BCUT2D eigenvalue weighted by Crippen LogP contribution is -2.58. The SMILES string of the molecule is Cc1cc(C)cc([C@H](NS(=O)C(C)(C)C)c2ccccc2P(C23CC4CC(CC(C4)C2)C3)C23CC4CC(CC(C4)C2)C3)c1. The minimum Gasteiger partial charge on any atom is -0.242 e. The molecule has 2 aromatic rings. The topological polar surface area (TPSA) is 29.1 Å². The molecule has 2 nitrogen and oxygen atoms in total. The van der Waals surface area contributed by atoms with Crippen LogP contribution in [-0.2, 0) is 11.0 Å². The second-order valence-electron chi connectivity index (χ2n) is 17.5. The van der Waals surface area contributed by atoms with E-state index in [2.05, 4.69) is 81.8 Å². The maximum absolute atomic E-state index is 13.9. The fourth-order valence-electron chi connectivity index (χ4n) is 12.4. The zero-order valence-corrected chi connectivity index (χ0v) is 29.0. The van der Waals surface area contributed by atoms with Crippen molar-refractivity contribution in [3.8, 4) is 0 Å². The Morgan fingerprint density at radius 3 is 1.56 bits per heavy atom. The molecule has 2 atom stereocenters. The predicted octanol–water partition coefficient (Wildman–Crippen LogP) is 9.49. The van der Waals surface area contributed by atoms with Gasteiger partial charge in [-0.05, 0) is 174 Å². The molecular formula is C39H54NOPS. The van der Waals surface area contributed by atoms with Crippen LogP contribution in [0.5, 0.6) is 0 Å². The van der Waals surface area contributed by atoms with Gasteiger partial charge in [0.15, 0.2) is 0 Å². The van der Waals surface area contributed by atoms with Gasteiger partial charge in [-0.2, -0.15) is 0 Å². The highest BCUT2D eigenvalue weighted by molar-refractivity contribution is 7.84. The average Bonchev–Trinajstić information content (AvgIpc) is 2.89. The molecule has 0 spiro atoms. The van der Waals surface area contributed by atoms with E-state index >= 15 is 0 Å². The summed E-state index contributed by atoms with van der Waals surface area (Å²) in [5.74, 6) is 5.83. The van der Waals surface area contributed by atoms with Crippen molar-refractivity contribution in [2.75, 3.05) is 0 Å². The summed E-state index contributed by atoms with van der Waals surface area (Å²) in [7, 11) is -1.52. The van der Waals surface area contributed by atoms with E-state index in [1.165, 1.54) is 99.3 Å². The van der Waals surface area contributed by atoms with Gasteiger partial charge < -0.3 is 0 Å². The zero-order chi connectivity index (χ0) is 29.7. The van der Waals surface area contributed by atoms with Crippen LogP contribution in [0.4, 0.5) is 0 Å². The van der Waals surface area contributed by atoms with Gasteiger partial charge >= 0.3 is 0 Å². The molecule has 10 rings (SSSR count). The van der Waals surface area contributed by atoms with Gasteiger partial charge in [-0.15, -0.1) is 0 Å². The maximum atomic E-state index is 13.9. The van der Waals surface area contributed by atoms with Crippen molar-refractivity contribution in [3.63, 3.8) is 0 Å². The lowest BCUT2D eigenvalue weighted by atomic mass is 9.55. The van der Waals surface area contributed by atoms with E-state index in [0.717, 1.165) is 35.5 Å². The van der Waals surface area contributed by atoms with E-state index in [4.69, 9.17) is 0 Å². The van der Waals surface area contributed by atoms with Gasteiger partial charge in [0.2, 0.25) is 0 Å². The molecule has 43 heavy (non-hydrogen) atoms. The highest BCUT2D eigenvalue weighted by Crippen LogP contribution is 2.78. The summed E-state index contributed by atoms with van der Waals surface area (Å²) in [6.07, 6.45) is 18.1. The zero-order valence-electron chi connectivity index (χ0n) is 27.3. The molecular weight excluding hydrogens is 561 g/mol. The number of aryl methyl sites for hydroxylation is 2. The number of nitrogens with one attached hydrogen (secondary N) is 1. The van der Waals surface area contributed by atoms with Crippen LogP contribution in [0.25, 0.3) is 0 Å². The van der Waals surface area contributed by atoms with E-state index in [0.29, 0.717) is 10.3 Å². The third kappa shape index (κ3) is 5.15. The summed E-state index contributed by atoms with van der Waals surface area (Å²) in [6, 6.07) is 16.6. The lowest BCUT2D eigenvalue weighted by Gasteiger charge is -2.67. The molecule has 8 fully saturated rings. The quantitative estimate of drug-likeness (QED) is 0.309. The number of hydrogen-bond acceptors (Lipinski definition) is 1. The van der Waals surface area contributed by atoms with Crippen molar-refractivity contribution in [1.29, 1.82) is 0 Å². The summed E-state index contributed by atoms with van der Waals surface area (Å²) < 4.78 is 17.4. The normalized spacial score (nSPS) is 39.7. The largest absolute Gasteiger partial charge is 0.242 e. The molecule has 8 aliphatic rings. The van der Waals surface area contributed by atoms with Crippen LogP contribution in [0, 0.1) is 49.4 Å². The second-order valence-corrected chi connectivity index (χ2v) is 22.6. The molecule has 8 saturated carbocycles. The summed E-state index contributed by atoms with van der Waals surface area (Å²) in [6.45, 7) is 10.8. The van der Waals surface area contributed by atoms with Crippen molar-refractivity contribution >= 4 is 24.2 Å². The Kier molecular flexibility index (Phi) is 7.18. The third-order valence-electron chi connectivity index (χ3n) is 12.8. The Morgan fingerprint density at radius 1 is 0.721 bits per heavy atom. The number of hydrogen-bond donors (Lipinski definition) is 1. The fraction of sp³-hybridized carbons (Fsp3) is 0.692. The van der Waals surface area contributed by atoms with Crippen LogP contribution in [0.15, 0.2) is 42.5 Å². The Morgan fingerprint density at radius 2 is 1.14 bits per heavy atom. The molecule has 4 heteroatoms. The monoisotopic (exact) mass is 615 g/mol. The number of benzene rings is 2. The van der Waals surface area contributed by atoms with Gasteiger partial charge in [-0.25, -0.2) is 8.93 Å². The van der Waals surface area contributed by atoms with Gasteiger partial charge in [0.05, 0.1) is 21.8 Å². The first-order chi connectivity index (χ1) is 20.5. The number of rotatable bonds is 7. The molecule has 2 aromatic carbocycles. The highest BCUT2D eigenvalue weighted by atomic mass is 32.2. The van der Waals surface area contributed by atoms with Crippen molar-refractivity contribution in [1.82, 2.24) is 4.72 Å². The van der Waals surface area contributed by atoms with E-state index in [-0.39, 0.29) is 18.7 Å². The van der Waals surface area contributed by atoms with Crippen LogP contribution in [0.1, 0.15) is 126 Å². The minimum absolute atomic E-state index is 0.0531. The molecule has 8 aliphatic carbocycles. The van der Waals surface area contributed by atoms with Crippen LogP contribution in [0.3, 0.4) is 0 Å². The first-order valence-electron chi connectivity index (χ1n) is 17.6. The van der Waals surface area contributed by atoms with Crippen molar-refractivity contribution < 1.29 is 4.21 Å². The molecule has 232 valence electrons.